The van der Waals surface area contributed by atoms with E-state index >= 15 is 0 Å². The number of nitrogens with zero attached hydrogens (tertiary/aromatic N) is 2. The van der Waals surface area contributed by atoms with Gasteiger partial charge >= 0.3 is 0 Å². The molecule has 0 radical (unpaired) electrons. The van der Waals surface area contributed by atoms with E-state index in [9.17, 15) is 5.11 Å². The van der Waals surface area contributed by atoms with Crippen molar-refractivity contribution >= 4 is 0 Å². The minimum Gasteiger partial charge on any atom is -0.392 e. The zero-order valence-corrected chi connectivity index (χ0v) is 8.32. The van der Waals surface area contributed by atoms with Crippen molar-refractivity contribution in [2.45, 2.75) is 26.0 Å². The Morgan fingerprint density at radius 3 is 2.67 bits per heavy atom. The van der Waals surface area contributed by atoms with Gasteiger partial charge < -0.3 is 10.0 Å². The quantitative estimate of drug-likeness (QED) is 0.635. The topological polar surface area (TPSA) is 26.7 Å². The number of hydrogen-bond acceptors (Lipinski definition) is 3. The van der Waals surface area contributed by atoms with Crippen LogP contribution in [0.5, 0.6) is 0 Å². The largest absolute Gasteiger partial charge is 0.392 e. The van der Waals surface area contributed by atoms with Crippen LogP contribution in [0.15, 0.2) is 0 Å². The van der Waals surface area contributed by atoms with Gasteiger partial charge in [0.1, 0.15) is 0 Å². The zero-order chi connectivity index (χ0) is 9.14. The maximum atomic E-state index is 9.23. The summed E-state index contributed by atoms with van der Waals surface area (Å²) in [6.45, 7) is 8.21. The van der Waals surface area contributed by atoms with Crippen LogP contribution in [0, 0.1) is 0 Å². The van der Waals surface area contributed by atoms with Crippen LogP contribution >= 0.6 is 0 Å². The molecule has 0 saturated carbocycles. The van der Waals surface area contributed by atoms with Gasteiger partial charge in [-0.25, -0.2) is 0 Å². The van der Waals surface area contributed by atoms with E-state index in [0.29, 0.717) is 6.04 Å². The van der Waals surface area contributed by atoms with Crippen molar-refractivity contribution in [1.82, 2.24) is 9.80 Å². The van der Waals surface area contributed by atoms with Gasteiger partial charge in [0, 0.05) is 32.2 Å². The van der Waals surface area contributed by atoms with Crippen molar-refractivity contribution in [2.24, 2.45) is 0 Å². The SMILES string of the molecule is CC1CN(C)CCN1C[C@H](C)O. The molecule has 1 aliphatic rings. The first kappa shape index (κ1) is 9.96. The lowest BCUT2D eigenvalue weighted by Gasteiger charge is -2.38. The lowest BCUT2D eigenvalue weighted by molar-refractivity contribution is 0.0545. The summed E-state index contributed by atoms with van der Waals surface area (Å²) in [7, 11) is 2.15. The van der Waals surface area contributed by atoms with Crippen molar-refractivity contribution in [3.05, 3.63) is 0 Å². The molecule has 1 heterocycles. The summed E-state index contributed by atoms with van der Waals surface area (Å²) in [5.74, 6) is 0. The first-order chi connectivity index (χ1) is 5.59. The Labute approximate surface area is 75.0 Å². The highest BCUT2D eigenvalue weighted by atomic mass is 16.3. The average Bonchev–Trinajstić information content (AvgIpc) is 1.94. The Balaban J connectivity index is 2.34. The van der Waals surface area contributed by atoms with E-state index in [1.54, 1.807) is 0 Å². The molecule has 2 atom stereocenters. The molecule has 0 spiro atoms. The maximum Gasteiger partial charge on any atom is 0.0639 e. The molecule has 72 valence electrons. The van der Waals surface area contributed by atoms with Gasteiger partial charge in [0.2, 0.25) is 0 Å². The van der Waals surface area contributed by atoms with Crippen LogP contribution in [-0.4, -0.2) is 60.3 Å². The normalized spacial score (nSPS) is 30.5. The van der Waals surface area contributed by atoms with Gasteiger partial charge in [-0.3, -0.25) is 4.90 Å². The van der Waals surface area contributed by atoms with Gasteiger partial charge in [-0.15, -0.1) is 0 Å². The Morgan fingerprint density at radius 1 is 1.50 bits per heavy atom. The summed E-state index contributed by atoms with van der Waals surface area (Å²) >= 11 is 0. The van der Waals surface area contributed by atoms with Crippen LogP contribution in [0.1, 0.15) is 13.8 Å². The van der Waals surface area contributed by atoms with Gasteiger partial charge in [0.05, 0.1) is 6.10 Å². The highest BCUT2D eigenvalue weighted by molar-refractivity contribution is 4.77. The predicted octanol–water partition coefficient (Wildman–Crippen LogP) is 0.00310. The third-order valence-corrected chi connectivity index (χ3v) is 2.47. The molecule has 1 N–H and O–H groups in total. The molecule has 0 aliphatic carbocycles. The molecule has 3 nitrogen and oxygen atoms in total. The molecule has 0 aromatic rings. The van der Waals surface area contributed by atoms with Gasteiger partial charge in [-0.05, 0) is 20.9 Å². The number of hydrogen-bond donors (Lipinski definition) is 1. The van der Waals surface area contributed by atoms with Crippen molar-refractivity contribution in [3.8, 4) is 0 Å². The monoisotopic (exact) mass is 172 g/mol. The van der Waals surface area contributed by atoms with Crippen molar-refractivity contribution < 1.29 is 5.11 Å². The van der Waals surface area contributed by atoms with Crippen LogP contribution in [-0.2, 0) is 0 Å². The van der Waals surface area contributed by atoms with Crippen LogP contribution in [0.25, 0.3) is 0 Å². The van der Waals surface area contributed by atoms with E-state index in [-0.39, 0.29) is 6.10 Å². The van der Waals surface area contributed by atoms with E-state index in [0.717, 1.165) is 26.2 Å². The number of rotatable bonds is 2. The molecule has 0 bridgehead atoms. The zero-order valence-electron chi connectivity index (χ0n) is 8.32. The fourth-order valence-electron chi connectivity index (χ4n) is 1.79. The molecule has 3 heteroatoms. The van der Waals surface area contributed by atoms with E-state index in [4.69, 9.17) is 0 Å². The van der Waals surface area contributed by atoms with Crippen LogP contribution in [0.3, 0.4) is 0 Å². The number of piperazine rings is 1. The summed E-state index contributed by atoms with van der Waals surface area (Å²) in [5.41, 5.74) is 0. The summed E-state index contributed by atoms with van der Waals surface area (Å²) in [5, 5.41) is 9.23. The number of aliphatic hydroxyl groups is 1. The molecule has 1 saturated heterocycles. The third kappa shape index (κ3) is 2.73. The Bertz CT molecular complexity index is 138. The highest BCUT2D eigenvalue weighted by Crippen LogP contribution is 2.07. The van der Waals surface area contributed by atoms with Crippen molar-refractivity contribution in [1.29, 1.82) is 0 Å². The van der Waals surface area contributed by atoms with Crippen LogP contribution < -0.4 is 0 Å². The fraction of sp³-hybridized carbons (Fsp3) is 1.00. The predicted molar refractivity (Wildman–Crippen MR) is 50.2 cm³/mol. The fourth-order valence-corrected chi connectivity index (χ4v) is 1.79. The Morgan fingerprint density at radius 2 is 2.17 bits per heavy atom. The molecule has 0 aromatic carbocycles. The minimum atomic E-state index is -0.198. The van der Waals surface area contributed by atoms with E-state index in [2.05, 4.69) is 23.8 Å². The second-order valence-corrected chi connectivity index (χ2v) is 3.96. The smallest absolute Gasteiger partial charge is 0.0639 e. The lowest BCUT2D eigenvalue weighted by Crippen LogP contribution is -2.52. The minimum absolute atomic E-state index is 0.198. The first-order valence-electron chi connectivity index (χ1n) is 4.70. The summed E-state index contributed by atoms with van der Waals surface area (Å²) in [6.07, 6.45) is -0.198. The third-order valence-electron chi connectivity index (χ3n) is 2.47. The molecule has 1 rings (SSSR count). The van der Waals surface area contributed by atoms with Gasteiger partial charge in [-0.2, -0.15) is 0 Å². The number of aliphatic hydroxyl groups excluding tert-OH is 1. The molecule has 12 heavy (non-hydrogen) atoms. The molecule has 0 aromatic heterocycles. The molecule has 1 unspecified atom stereocenters. The standard InChI is InChI=1S/C9H20N2O/c1-8-6-10(3)4-5-11(8)7-9(2)12/h8-9,12H,4-7H2,1-3H3/t8?,9-/m0/s1. The lowest BCUT2D eigenvalue weighted by atomic mass is 10.2. The van der Waals surface area contributed by atoms with E-state index in [1.807, 2.05) is 6.92 Å². The summed E-state index contributed by atoms with van der Waals surface area (Å²) in [6, 6.07) is 0.582. The van der Waals surface area contributed by atoms with Crippen molar-refractivity contribution in [3.63, 3.8) is 0 Å². The second-order valence-electron chi connectivity index (χ2n) is 3.96. The summed E-state index contributed by atoms with van der Waals surface area (Å²) < 4.78 is 0. The average molecular weight is 172 g/mol. The van der Waals surface area contributed by atoms with Gasteiger partial charge in [-0.1, -0.05) is 0 Å². The molecule has 1 fully saturated rings. The maximum absolute atomic E-state index is 9.23. The van der Waals surface area contributed by atoms with E-state index in [1.165, 1.54) is 0 Å². The molecule has 0 amide bonds. The Kier molecular flexibility index (Phi) is 3.50. The van der Waals surface area contributed by atoms with Crippen LogP contribution in [0.2, 0.25) is 0 Å². The number of likely N-dealkylation sites (N-methyl/N-ethyl adjacent to an activating group) is 1. The molecular weight excluding hydrogens is 152 g/mol. The van der Waals surface area contributed by atoms with Crippen molar-refractivity contribution in [2.75, 3.05) is 33.2 Å². The highest BCUT2D eigenvalue weighted by Gasteiger charge is 2.21. The van der Waals surface area contributed by atoms with E-state index < -0.39 is 0 Å². The first-order valence-corrected chi connectivity index (χ1v) is 4.70. The van der Waals surface area contributed by atoms with Gasteiger partial charge in [0.15, 0.2) is 0 Å². The second kappa shape index (κ2) is 4.21. The van der Waals surface area contributed by atoms with Crippen LogP contribution in [0.4, 0.5) is 0 Å². The van der Waals surface area contributed by atoms with Gasteiger partial charge in [0.25, 0.3) is 0 Å². The number of β-amino-alcohol motifs (C(OH)–C–C–N with tert-alkyl or cyclic N) is 1. The molecular formula is C9H20N2O. The Hall–Kier alpha value is -0.120. The summed E-state index contributed by atoms with van der Waals surface area (Å²) in [4.78, 5) is 4.69. The molecule has 1 aliphatic heterocycles.